The van der Waals surface area contributed by atoms with Gasteiger partial charge in [0, 0.05) is 10.3 Å². The maximum Gasteiger partial charge on any atom is 0.264 e. The number of para-hydroxylation sites is 2. The summed E-state index contributed by atoms with van der Waals surface area (Å²) < 4.78 is 10.8. The van der Waals surface area contributed by atoms with E-state index >= 15 is 0 Å². The third-order valence-corrected chi connectivity index (χ3v) is 5.01. The van der Waals surface area contributed by atoms with Crippen molar-refractivity contribution in [3.63, 3.8) is 0 Å². The molecule has 6 heteroatoms. The third kappa shape index (κ3) is 2.06. The van der Waals surface area contributed by atoms with Crippen LogP contribution in [0, 0.1) is 0 Å². The van der Waals surface area contributed by atoms with Crippen molar-refractivity contribution in [1.82, 2.24) is 4.98 Å². The first-order valence-electron chi connectivity index (χ1n) is 7.08. The Balaban J connectivity index is 2.01. The van der Waals surface area contributed by atoms with E-state index in [4.69, 9.17) is 9.47 Å². The Labute approximate surface area is 136 Å². The number of hydrogen-bond donors (Lipinski definition) is 2. The van der Waals surface area contributed by atoms with Gasteiger partial charge in [0.2, 0.25) is 0 Å². The van der Waals surface area contributed by atoms with E-state index in [1.807, 2.05) is 36.4 Å². The topological polar surface area (TPSA) is 63.3 Å². The van der Waals surface area contributed by atoms with E-state index in [-0.39, 0.29) is 5.56 Å². The lowest BCUT2D eigenvalue weighted by Gasteiger charge is -2.23. The molecule has 0 radical (unpaired) electrons. The van der Waals surface area contributed by atoms with Gasteiger partial charge >= 0.3 is 0 Å². The van der Waals surface area contributed by atoms with E-state index < -0.39 is 0 Å². The van der Waals surface area contributed by atoms with Gasteiger partial charge in [-0.2, -0.15) is 0 Å². The van der Waals surface area contributed by atoms with Gasteiger partial charge in [0.25, 0.3) is 5.56 Å². The standard InChI is InChI=1S/C17H14N2O3S/c1-21-10-6-3-5-9-13(10)19-17(20)16-14(9)18-15-11(22-2)7-4-8-12(15)23-16/h3-8,18H,1-2H3,(H,19,20). The minimum atomic E-state index is -0.136. The van der Waals surface area contributed by atoms with Gasteiger partial charge in [-0.3, -0.25) is 4.79 Å². The van der Waals surface area contributed by atoms with Crippen LogP contribution in [0.1, 0.15) is 0 Å². The Morgan fingerprint density at radius 3 is 2.48 bits per heavy atom. The van der Waals surface area contributed by atoms with Crippen molar-refractivity contribution in [2.75, 3.05) is 19.5 Å². The SMILES string of the molecule is COc1cccc2c1Nc1c(c(=O)[nH]c3c(OC)cccc13)S2. The molecule has 0 fully saturated rings. The van der Waals surface area contributed by atoms with Crippen molar-refractivity contribution >= 4 is 34.0 Å². The fourth-order valence-corrected chi connectivity index (χ4v) is 3.82. The van der Waals surface area contributed by atoms with Crippen LogP contribution >= 0.6 is 11.8 Å². The van der Waals surface area contributed by atoms with Crippen LogP contribution in [0.25, 0.3) is 10.9 Å². The normalized spacial score (nSPS) is 12.3. The molecule has 1 aromatic heterocycles. The van der Waals surface area contributed by atoms with Crippen LogP contribution in [0.15, 0.2) is 51.0 Å². The average Bonchev–Trinajstić information content (AvgIpc) is 2.59. The molecule has 0 atom stereocenters. The van der Waals surface area contributed by atoms with E-state index in [1.165, 1.54) is 11.8 Å². The van der Waals surface area contributed by atoms with Gasteiger partial charge in [-0.25, -0.2) is 0 Å². The number of hydrogen-bond acceptors (Lipinski definition) is 5. The lowest BCUT2D eigenvalue weighted by atomic mass is 10.1. The third-order valence-electron chi connectivity index (χ3n) is 3.86. The van der Waals surface area contributed by atoms with E-state index in [0.717, 1.165) is 27.4 Å². The summed E-state index contributed by atoms with van der Waals surface area (Å²) in [6.07, 6.45) is 0. The van der Waals surface area contributed by atoms with Crippen LogP contribution < -0.4 is 20.3 Å². The molecule has 3 aromatic rings. The fraction of sp³-hybridized carbons (Fsp3) is 0.118. The van der Waals surface area contributed by atoms with Gasteiger partial charge in [0.05, 0.1) is 31.1 Å². The van der Waals surface area contributed by atoms with Crippen molar-refractivity contribution in [2.24, 2.45) is 0 Å². The van der Waals surface area contributed by atoms with Crippen molar-refractivity contribution in [1.29, 1.82) is 0 Å². The van der Waals surface area contributed by atoms with Crippen LogP contribution in [-0.2, 0) is 0 Å². The van der Waals surface area contributed by atoms with Crippen molar-refractivity contribution in [3.8, 4) is 11.5 Å². The number of rotatable bonds is 2. The second-order valence-corrected chi connectivity index (χ2v) is 6.15. The highest BCUT2D eigenvalue weighted by Crippen LogP contribution is 2.48. The van der Waals surface area contributed by atoms with Crippen LogP contribution in [0.5, 0.6) is 11.5 Å². The van der Waals surface area contributed by atoms with Gasteiger partial charge in [-0.1, -0.05) is 30.0 Å². The number of anilines is 2. The number of ether oxygens (including phenoxy) is 2. The molecule has 1 aliphatic rings. The lowest BCUT2D eigenvalue weighted by Crippen LogP contribution is -2.15. The second kappa shape index (κ2) is 5.24. The molecule has 0 aliphatic carbocycles. The molecule has 116 valence electrons. The van der Waals surface area contributed by atoms with Gasteiger partial charge in [-0.05, 0) is 18.2 Å². The Hall–Kier alpha value is -2.60. The Morgan fingerprint density at radius 2 is 1.70 bits per heavy atom. The summed E-state index contributed by atoms with van der Waals surface area (Å²) in [7, 11) is 3.23. The van der Waals surface area contributed by atoms with Gasteiger partial charge in [-0.15, -0.1) is 0 Å². The molecule has 4 rings (SSSR count). The molecule has 23 heavy (non-hydrogen) atoms. The highest BCUT2D eigenvalue weighted by molar-refractivity contribution is 7.99. The number of H-pyrrole nitrogens is 1. The number of nitrogens with one attached hydrogen (secondary N) is 2. The minimum Gasteiger partial charge on any atom is -0.495 e. The van der Waals surface area contributed by atoms with E-state index in [9.17, 15) is 4.79 Å². The summed E-state index contributed by atoms with van der Waals surface area (Å²) >= 11 is 1.44. The first-order valence-corrected chi connectivity index (χ1v) is 7.89. The monoisotopic (exact) mass is 326 g/mol. The molecule has 5 nitrogen and oxygen atoms in total. The summed E-state index contributed by atoms with van der Waals surface area (Å²) in [5.74, 6) is 1.39. The summed E-state index contributed by atoms with van der Waals surface area (Å²) in [5, 5.41) is 4.28. The number of pyridine rings is 1. The zero-order valence-electron chi connectivity index (χ0n) is 12.6. The van der Waals surface area contributed by atoms with Crippen LogP contribution in [0.3, 0.4) is 0 Å². The Bertz CT molecular complexity index is 981. The Morgan fingerprint density at radius 1 is 0.957 bits per heavy atom. The van der Waals surface area contributed by atoms with Gasteiger partial charge < -0.3 is 19.8 Å². The summed E-state index contributed by atoms with van der Waals surface area (Å²) in [4.78, 5) is 17.0. The molecule has 0 saturated carbocycles. The largest absolute Gasteiger partial charge is 0.495 e. The summed E-state index contributed by atoms with van der Waals surface area (Å²) in [6.45, 7) is 0. The van der Waals surface area contributed by atoms with E-state index in [0.29, 0.717) is 16.2 Å². The quantitative estimate of drug-likeness (QED) is 0.587. The first-order chi connectivity index (χ1) is 11.2. The van der Waals surface area contributed by atoms with Crippen LogP contribution in [-0.4, -0.2) is 19.2 Å². The second-order valence-electron chi connectivity index (χ2n) is 5.10. The zero-order valence-corrected chi connectivity index (χ0v) is 13.4. The van der Waals surface area contributed by atoms with Crippen molar-refractivity contribution in [3.05, 3.63) is 46.8 Å². The molecular weight excluding hydrogens is 312 g/mol. The minimum absolute atomic E-state index is 0.136. The molecule has 2 heterocycles. The first kappa shape index (κ1) is 14.0. The molecule has 1 aliphatic heterocycles. The number of fused-ring (bicyclic) bond motifs is 4. The number of benzene rings is 2. The predicted octanol–water partition coefficient (Wildman–Crippen LogP) is 3.75. The fourth-order valence-electron chi connectivity index (χ4n) is 2.79. The van der Waals surface area contributed by atoms with Gasteiger partial charge in [0.15, 0.2) is 0 Å². The molecule has 2 N–H and O–H groups in total. The molecule has 2 aromatic carbocycles. The van der Waals surface area contributed by atoms with E-state index in [1.54, 1.807) is 14.2 Å². The molecular formula is C17H14N2O3S. The molecule has 0 amide bonds. The lowest BCUT2D eigenvalue weighted by molar-refractivity contribution is 0.416. The highest BCUT2D eigenvalue weighted by Gasteiger charge is 2.24. The van der Waals surface area contributed by atoms with Crippen LogP contribution in [0.2, 0.25) is 0 Å². The summed E-state index contributed by atoms with van der Waals surface area (Å²) in [5.41, 5.74) is 2.21. The van der Waals surface area contributed by atoms with E-state index in [2.05, 4.69) is 10.3 Å². The van der Waals surface area contributed by atoms with Crippen molar-refractivity contribution in [2.45, 2.75) is 9.79 Å². The number of aromatic nitrogens is 1. The predicted molar refractivity (Wildman–Crippen MR) is 91.5 cm³/mol. The smallest absolute Gasteiger partial charge is 0.264 e. The summed E-state index contributed by atoms with van der Waals surface area (Å²) in [6, 6.07) is 11.5. The average molecular weight is 326 g/mol. The van der Waals surface area contributed by atoms with Gasteiger partial charge in [0.1, 0.15) is 16.4 Å². The number of aromatic amines is 1. The molecule has 0 bridgehead atoms. The Kier molecular flexibility index (Phi) is 3.20. The maximum absolute atomic E-state index is 12.5. The highest BCUT2D eigenvalue weighted by atomic mass is 32.2. The maximum atomic E-state index is 12.5. The zero-order chi connectivity index (χ0) is 16.0. The van der Waals surface area contributed by atoms with Crippen molar-refractivity contribution < 1.29 is 9.47 Å². The van der Waals surface area contributed by atoms with Crippen LogP contribution in [0.4, 0.5) is 11.4 Å². The molecule has 0 unspecified atom stereocenters. The number of methoxy groups -OCH3 is 2. The molecule has 0 spiro atoms. The molecule has 0 saturated heterocycles.